The van der Waals surface area contributed by atoms with Crippen molar-refractivity contribution in [1.29, 1.82) is 0 Å². The zero-order chi connectivity index (χ0) is 17.2. The molecule has 0 aromatic carbocycles. The Morgan fingerprint density at radius 1 is 1.38 bits per heavy atom. The van der Waals surface area contributed by atoms with Crippen molar-refractivity contribution in [2.24, 2.45) is 0 Å². The summed E-state index contributed by atoms with van der Waals surface area (Å²) >= 11 is 5.86. The van der Waals surface area contributed by atoms with Crippen molar-refractivity contribution in [3.05, 3.63) is 11.6 Å². The Hall–Kier alpha value is -2.01. The number of aromatic nitrogens is 4. The number of carbonyl (C=O) groups is 1. The number of carboxylic acids is 1. The molecule has 2 fully saturated rings. The summed E-state index contributed by atoms with van der Waals surface area (Å²) in [5, 5.41) is 9.35. The number of carboxylic acid groups (broad SMARTS) is 1. The van der Waals surface area contributed by atoms with Gasteiger partial charge in [0.2, 0.25) is 5.28 Å². The summed E-state index contributed by atoms with van der Waals surface area (Å²) in [6, 6.07) is 0. The molecule has 0 aliphatic carbocycles. The molecule has 0 unspecified atom stereocenters. The highest BCUT2D eigenvalue weighted by atomic mass is 35.5. The third kappa shape index (κ3) is 2.22. The minimum absolute atomic E-state index is 0.0463. The van der Waals surface area contributed by atoms with E-state index in [0.29, 0.717) is 11.2 Å². The van der Waals surface area contributed by atoms with E-state index in [1.54, 1.807) is 13.8 Å². The van der Waals surface area contributed by atoms with Crippen LogP contribution in [-0.2, 0) is 19.0 Å². The van der Waals surface area contributed by atoms with E-state index in [4.69, 9.17) is 31.5 Å². The molecule has 11 heteroatoms. The molecule has 10 nitrogen and oxygen atoms in total. The van der Waals surface area contributed by atoms with Gasteiger partial charge >= 0.3 is 5.97 Å². The molecule has 0 spiro atoms. The van der Waals surface area contributed by atoms with Crippen molar-refractivity contribution in [1.82, 2.24) is 19.5 Å². The summed E-state index contributed by atoms with van der Waals surface area (Å²) in [4.78, 5) is 23.6. The lowest BCUT2D eigenvalue weighted by Crippen LogP contribution is -2.35. The van der Waals surface area contributed by atoms with Crippen LogP contribution in [0.1, 0.15) is 20.1 Å². The Kier molecular flexibility index (Phi) is 3.23. The fraction of sp³-hybridized carbons (Fsp3) is 0.538. The number of hydrogen-bond donors (Lipinski definition) is 2. The van der Waals surface area contributed by atoms with E-state index in [1.165, 1.54) is 10.9 Å². The molecule has 0 bridgehead atoms. The summed E-state index contributed by atoms with van der Waals surface area (Å²) in [5.74, 6) is -1.94. The highest BCUT2D eigenvalue weighted by Crippen LogP contribution is 2.43. The first-order valence-corrected chi connectivity index (χ1v) is 7.54. The Bertz CT molecular complexity index is 840. The van der Waals surface area contributed by atoms with Gasteiger partial charge in [0, 0.05) is 0 Å². The van der Waals surface area contributed by atoms with Gasteiger partial charge in [0.1, 0.15) is 17.7 Å². The fourth-order valence-electron chi connectivity index (χ4n) is 3.10. The summed E-state index contributed by atoms with van der Waals surface area (Å²) in [6.07, 6.45) is -1.93. The molecule has 0 radical (unpaired) electrons. The van der Waals surface area contributed by atoms with Crippen molar-refractivity contribution < 1.29 is 24.1 Å². The SMILES string of the molecule is CC1(C)O[C@@H]2[C@H](O1)[C@H](n1cnc3c(N)nc(Cl)nc31)O[C@@H]2C(=O)O. The Balaban J connectivity index is 1.80. The summed E-state index contributed by atoms with van der Waals surface area (Å²) < 4.78 is 18.7. The molecule has 3 N–H and O–H groups in total. The maximum Gasteiger partial charge on any atom is 0.335 e. The number of imidazole rings is 1. The van der Waals surface area contributed by atoms with Crippen LogP contribution >= 0.6 is 11.6 Å². The molecule has 4 rings (SSSR count). The van der Waals surface area contributed by atoms with Crippen molar-refractivity contribution in [2.75, 3.05) is 5.73 Å². The van der Waals surface area contributed by atoms with Gasteiger partial charge in [0.25, 0.3) is 0 Å². The van der Waals surface area contributed by atoms with Gasteiger partial charge in [0.05, 0.1) is 6.33 Å². The number of nitrogens with zero attached hydrogens (tertiary/aromatic N) is 4. The van der Waals surface area contributed by atoms with Gasteiger partial charge in [-0.1, -0.05) is 0 Å². The van der Waals surface area contributed by atoms with Gasteiger partial charge < -0.3 is 25.1 Å². The number of nitrogens with two attached hydrogens (primary N) is 1. The predicted molar refractivity (Wildman–Crippen MR) is 80.1 cm³/mol. The van der Waals surface area contributed by atoms with E-state index in [1.807, 2.05) is 0 Å². The first-order chi connectivity index (χ1) is 11.3. The van der Waals surface area contributed by atoms with Crippen LogP contribution in [0.5, 0.6) is 0 Å². The van der Waals surface area contributed by atoms with Crippen LogP contribution < -0.4 is 5.73 Å². The van der Waals surface area contributed by atoms with Crippen LogP contribution in [0.25, 0.3) is 11.2 Å². The average molecular weight is 356 g/mol. The maximum atomic E-state index is 11.5. The van der Waals surface area contributed by atoms with E-state index in [9.17, 15) is 9.90 Å². The normalized spacial score (nSPS) is 31.5. The van der Waals surface area contributed by atoms with Gasteiger partial charge in [-0.05, 0) is 25.4 Å². The van der Waals surface area contributed by atoms with E-state index < -0.39 is 36.3 Å². The second-order valence-electron chi connectivity index (χ2n) is 6.05. The number of halogens is 1. The number of ether oxygens (including phenoxy) is 3. The quantitative estimate of drug-likeness (QED) is 0.741. The van der Waals surface area contributed by atoms with Crippen LogP contribution in [0, 0.1) is 0 Å². The van der Waals surface area contributed by atoms with Crippen LogP contribution in [0.2, 0.25) is 5.28 Å². The lowest BCUT2D eigenvalue weighted by molar-refractivity contribution is -0.202. The van der Waals surface area contributed by atoms with E-state index in [0.717, 1.165) is 0 Å². The minimum Gasteiger partial charge on any atom is -0.479 e. The third-order valence-electron chi connectivity index (χ3n) is 3.97. The van der Waals surface area contributed by atoms with Crippen molar-refractivity contribution in [2.45, 2.75) is 44.2 Å². The smallest absolute Gasteiger partial charge is 0.335 e. The third-order valence-corrected chi connectivity index (χ3v) is 4.14. The first-order valence-electron chi connectivity index (χ1n) is 7.16. The predicted octanol–water partition coefficient (Wildman–Crippen LogP) is 0.564. The maximum absolute atomic E-state index is 11.5. The zero-order valence-corrected chi connectivity index (χ0v) is 13.5. The monoisotopic (exact) mass is 355 g/mol. The lowest BCUT2D eigenvalue weighted by Gasteiger charge is -2.23. The Labute approximate surface area is 140 Å². The molecule has 4 atom stereocenters. The molecule has 2 saturated heterocycles. The summed E-state index contributed by atoms with van der Waals surface area (Å²) in [5.41, 5.74) is 6.47. The lowest BCUT2D eigenvalue weighted by atomic mass is 10.1. The number of aliphatic carboxylic acids is 1. The number of hydrogen-bond acceptors (Lipinski definition) is 8. The topological polar surface area (TPSA) is 135 Å². The molecule has 24 heavy (non-hydrogen) atoms. The summed E-state index contributed by atoms with van der Waals surface area (Å²) in [7, 11) is 0. The number of anilines is 1. The van der Waals surface area contributed by atoms with Crippen molar-refractivity contribution >= 4 is 34.6 Å². The van der Waals surface area contributed by atoms with E-state index in [2.05, 4.69) is 15.0 Å². The second-order valence-corrected chi connectivity index (χ2v) is 6.39. The number of nitrogen functional groups attached to an aromatic ring is 1. The minimum atomic E-state index is -1.17. The van der Waals surface area contributed by atoms with E-state index >= 15 is 0 Å². The first kappa shape index (κ1) is 15.5. The molecule has 2 aromatic heterocycles. The Morgan fingerprint density at radius 3 is 2.79 bits per heavy atom. The molecule has 2 aliphatic rings. The highest BCUT2D eigenvalue weighted by molar-refractivity contribution is 6.28. The van der Waals surface area contributed by atoms with Crippen LogP contribution in [0.15, 0.2) is 6.33 Å². The molecular formula is C13H14ClN5O5. The number of rotatable bonds is 2. The molecule has 0 amide bonds. The molecule has 4 heterocycles. The van der Waals surface area contributed by atoms with Crippen molar-refractivity contribution in [3.8, 4) is 0 Å². The average Bonchev–Trinajstić information content (AvgIpc) is 3.09. The van der Waals surface area contributed by atoms with Gasteiger partial charge in [-0.2, -0.15) is 9.97 Å². The zero-order valence-electron chi connectivity index (χ0n) is 12.7. The fourth-order valence-corrected chi connectivity index (χ4v) is 3.27. The molecular weight excluding hydrogens is 342 g/mol. The molecule has 2 aliphatic heterocycles. The van der Waals surface area contributed by atoms with Crippen LogP contribution in [0.4, 0.5) is 5.82 Å². The van der Waals surface area contributed by atoms with Gasteiger partial charge in [-0.3, -0.25) is 4.57 Å². The summed E-state index contributed by atoms with van der Waals surface area (Å²) in [6.45, 7) is 3.43. The van der Waals surface area contributed by atoms with Gasteiger partial charge in [0.15, 0.2) is 29.6 Å². The molecule has 2 aromatic rings. The second kappa shape index (κ2) is 4.99. The molecule has 128 valence electrons. The Morgan fingerprint density at radius 2 is 2.08 bits per heavy atom. The van der Waals surface area contributed by atoms with Gasteiger partial charge in [-0.15, -0.1) is 0 Å². The van der Waals surface area contributed by atoms with Gasteiger partial charge in [-0.25, -0.2) is 9.78 Å². The van der Waals surface area contributed by atoms with Crippen molar-refractivity contribution in [3.63, 3.8) is 0 Å². The van der Waals surface area contributed by atoms with Crippen LogP contribution in [0.3, 0.4) is 0 Å². The van der Waals surface area contributed by atoms with Crippen LogP contribution in [-0.4, -0.2) is 54.7 Å². The van der Waals surface area contributed by atoms with E-state index in [-0.39, 0.29) is 11.1 Å². The highest BCUT2D eigenvalue weighted by Gasteiger charge is 2.58. The standard InChI is InChI=1S/C13H14ClN5O5/c1-13(2)23-5-6(24-13)10(22-7(5)11(20)21)19-3-16-4-8(15)17-12(14)18-9(4)19/h3,5-7,10H,1-2H3,(H,20,21)(H2,15,17,18)/t5-,6+,7+,10-/m1/s1. The number of fused-ring (bicyclic) bond motifs is 2. The molecule has 0 saturated carbocycles. The largest absolute Gasteiger partial charge is 0.479 e.